The molecule has 122 valence electrons. The van der Waals surface area contributed by atoms with E-state index in [9.17, 15) is 9.59 Å². The zero-order chi connectivity index (χ0) is 16.8. The lowest BCUT2D eigenvalue weighted by Gasteiger charge is -2.13. The summed E-state index contributed by atoms with van der Waals surface area (Å²) < 4.78 is 2.05. The molecule has 1 aromatic carbocycles. The normalized spacial score (nSPS) is 12.0. The summed E-state index contributed by atoms with van der Waals surface area (Å²) in [5.41, 5.74) is 1.32. The first-order valence-electron chi connectivity index (χ1n) is 7.61. The first kappa shape index (κ1) is 17.3. The van der Waals surface area contributed by atoms with Gasteiger partial charge in [-0.3, -0.25) is 9.59 Å². The van der Waals surface area contributed by atoms with Crippen molar-refractivity contribution >= 4 is 29.1 Å². The Morgan fingerprint density at radius 1 is 1.30 bits per heavy atom. The number of rotatable bonds is 7. The van der Waals surface area contributed by atoms with Gasteiger partial charge in [-0.25, -0.2) is 4.98 Å². The smallest absolute Gasteiger partial charge is 0.237 e. The van der Waals surface area contributed by atoms with Gasteiger partial charge in [0.25, 0.3) is 0 Å². The van der Waals surface area contributed by atoms with Gasteiger partial charge in [0.15, 0.2) is 10.9 Å². The first-order chi connectivity index (χ1) is 11.0. The van der Waals surface area contributed by atoms with Crippen LogP contribution in [0.3, 0.4) is 0 Å². The number of Topliss-reactive ketones (excluding diaryl/α,β-unsaturated/α-hetero) is 1. The Labute approximate surface area is 140 Å². The van der Waals surface area contributed by atoms with Crippen LogP contribution in [0.1, 0.15) is 37.6 Å². The second kappa shape index (κ2) is 7.97. The zero-order valence-electron chi connectivity index (χ0n) is 13.6. The van der Waals surface area contributed by atoms with Crippen molar-refractivity contribution in [2.75, 3.05) is 5.32 Å². The minimum Gasteiger partial charge on any atom is -0.326 e. The number of aryl methyl sites for hydroxylation is 1. The Hall–Kier alpha value is -2.08. The van der Waals surface area contributed by atoms with E-state index in [1.165, 1.54) is 18.7 Å². The molecule has 1 atom stereocenters. The second-order valence-corrected chi connectivity index (χ2v) is 6.59. The Bertz CT molecular complexity index is 679. The lowest BCUT2D eigenvalue weighted by atomic mass is 10.1. The number of carbonyl (C=O) groups excluding carboxylic acids is 2. The molecule has 2 aromatic rings. The molecule has 0 aliphatic heterocycles. The summed E-state index contributed by atoms with van der Waals surface area (Å²) in [5.74, 6) is -0.0776. The van der Waals surface area contributed by atoms with Crippen LogP contribution >= 0.6 is 11.8 Å². The number of imidazole rings is 1. The van der Waals surface area contributed by atoms with E-state index in [0.29, 0.717) is 11.3 Å². The number of anilines is 1. The van der Waals surface area contributed by atoms with Crippen molar-refractivity contribution in [1.82, 2.24) is 9.55 Å². The van der Waals surface area contributed by atoms with Gasteiger partial charge in [-0.15, -0.1) is 0 Å². The Morgan fingerprint density at radius 2 is 2.00 bits per heavy atom. The molecule has 1 heterocycles. The summed E-state index contributed by atoms with van der Waals surface area (Å²) in [6.07, 6.45) is 4.70. The van der Waals surface area contributed by atoms with Gasteiger partial charge in [0.2, 0.25) is 5.91 Å². The summed E-state index contributed by atoms with van der Waals surface area (Å²) in [5, 5.41) is 3.45. The maximum atomic E-state index is 12.3. The topological polar surface area (TPSA) is 64.0 Å². The number of benzene rings is 1. The van der Waals surface area contributed by atoms with Crippen LogP contribution in [-0.2, 0) is 11.3 Å². The van der Waals surface area contributed by atoms with Crippen LogP contribution in [-0.4, -0.2) is 26.5 Å². The Balaban J connectivity index is 1.96. The zero-order valence-corrected chi connectivity index (χ0v) is 14.4. The van der Waals surface area contributed by atoms with Gasteiger partial charge in [0.1, 0.15) is 0 Å². The summed E-state index contributed by atoms with van der Waals surface area (Å²) in [4.78, 5) is 27.8. The molecule has 0 aliphatic carbocycles. The van der Waals surface area contributed by atoms with Gasteiger partial charge >= 0.3 is 0 Å². The van der Waals surface area contributed by atoms with E-state index in [1.807, 2.05) is 13.1 Å². The van der Waals surface area contributed by atoms with E-state index in [0.717, 1.165) is 18.1 Å². The molecule has 0 saturated heterocycles. The maximum Gasteiger partial charge on any atom is 0.237 e. The molecule has 2 rings (SSSR count). The minimum absolute atomic E-state index is 0.00885. The average Bonchev–Trinajstić information content (AvgIpc) is 2.95. The highest BCUT2D eigenvalue weighted by Gasteiger charge is 2.17. The van der Waals surface area contributed by atoms with Crippen LogP contribution in [0.15, 0.2) is 41.8 Å². The number of thioether (sulfide) groups is 1. The van der Waals surface area contributed by atoms with E-state index in [-0.39, 0.29) is 16.9 Å². The second-order valence-electron chi connectivity index (χ2n) is 5.29. The number of carbonyl (C=O) groups is 2. The quantitative estimate of drug-likeness (QED) is 0.622. The van der Waals surface area contributed by atoms with Gasteiger partial charge < -0.3 is 9.88 Å². The van der Waals surface area contributed by atoms with Gasteiger partial charge in [0.05, 0.1) is 5.25 Å². The van der Waals surface area contributed by atoms with Crippen molar-refractivity contribution in [3.8, 4) is 0 Å². The third kappa shape index (κ3) is 4.69. The first-order valence-corrected chi connectivity index (χ1v) is 8.49. The molecule has 0 spiro atoms. The molecule has 5 nitrogen and oxygen atoms in total. The molecule has 1 aromatic heterocycles. The fourth-order valence-corrected chi connectivity index (χ4v) is 2.96. The Kier molecular flexibility index (Phi) is 5.98. The summed E-state index contributed by atoms with van der Waals surface area (Å²) in [7, 11) is 0. The SMILES string of the molecule is CCCn1ccnc1SC(C)C(=O)Nc1ccc(C(C)=O)cc1. The van der Waals surface area contributed by atoms with Crippen molar-refractivity contribution in [1.29, 1.82) is 0 Å². The molecule has 23 heavy (non-hydrogen) atoms. The molecule has 1 N–H and O–H groups in total. The highest BCUT2D eigenvalue weighted by molar-refractivity contribution is 8.00. The van der Waals surface area contributed by atoms with Gasteiger partial charge in [0, 0.05) is 30.2 Å². The van der Waals surface area contributed by atoms with E-state index in [2.05, 4.69) is 21.8 Å². The molecule has 0 bridgehead atoms. The van der Waals surface area contributed by atoms with E-state index < -0.39 is 0 Å². The highest BCUT2D eigenvalue weighted by atomic mass is 32.2. The number of amides is 1. The monoisotopic (exact) mass is 331 g/mol. The molecule has 0 saturated carbocycles. The fraction of sp³-hybridized carbons (Fsp3) is 0.353. The molecule has 0 aliphatic rings. The van der Waals surface area contributed by atoms with Crippen molar-refractivity contribution in [2.24, 2.45) is 0 Å². The van der Waals surface area contributed by atoms with E-state index >= 15 is 0 Å². The van der Waals surface area contributed by atoms with Crippen molar-refractivity contribution in [2.45, 2.75) is 44.1 Å². The van der Waals surface area contributed by atoms with E-state index in [1.54, 1.807) is 30.5 Å². The molecule has 1 unspecified atom stereocenters. The lowest BCUT2D eigenvalue weighted by molar-refractivity contribution is -0.115. The number of nitrogens with zero attached hydrogens (tertiary/aromatic N) is 2. The predicted octanol–water partition coefficient (Wildman–Crippen LogP) is 3.62. The van der Waals surface area contributed by atoms with Crippen LogP contribution in [0.25, 0.3) is 0 Å². The molecule has 1 amide bonds. The molecular weight excluding hydrogens is 310 g/mol. The molecule has 6 heteroatoms. The lowest BCUT2D eigenvalue weighted by Crippen LogP contribution is -2.23. The van der Waals surface area contributed by atoms with Gasteiger partial charge in [-0.05, 0) is 44.5 Å². The summed E-state index contributed by atoms with van der Waals surface area (Å²) in [6, 6.07) is 6.90. The third-order valence-corrected chi connectivity index (χ3v) is 4.47. The standard InChI is InChI=1S/C17H21N3O2S/c1-4-10-20-11-9-18-17(20)23-13(3)16(22)19-15-7-5-14(6-8-15)12(2)21/h5-9,11,13H,4,10H2,1-3H3,(H,19,22). The van der Waals surface area contributed by atoms with Crippen LogP contribution in [0.2, 0.25) is 0 Å². The third-order valence-electron chi connectivity index (χ3n) is 3.35. The fourth-order valence-electron chi connectivity index (χ4n) is 2.07. The maximum absolute atomic E-state index is 12.3. The van der Waals surface area contributed by atoms with Crippen molar-refractivity contribution in [3.05, 3.63) is 42.2 Å². The minimum atomic E-state index is -0.263. The number of aromatic nitrogens is 2. The average molecular weight is 331 g/mol. The van der Waals surface area contributed by atoms with Crippen LogP contribution in [0, 0.1) is 0 Å². The van der Waals surface area contributed by atoms with Crippen molar-refractivity contribution < 1.29 is 9.59 Å². The summed E-state index contributed by atoms with van der Waals surface area (Å²) >= 11 is 1.44. The number of hydrogen-bond donors (Lipinski definition) is 1. The van der Waals surface area contributed by atoms with E-state index in [4.69, 9.17) is 0 Å². The van der Waals surface area contributed by atoms with Crippen LogP contribution < -0.4 is 5.32 Å². The molecule has 0 fully saturated rings. The Morgan fingerprint density at radius 3 is 2.61 bits per heavy atom. The largest absolute Gasteiger partial charge is 0.326 e. The number of hydrogen-bond acceptors (Lipinski definition) is 4. The molecular formula is C17H21N3O2S. The predicted molar refractivity (Wildman–Crippen MR) is 92.9 cm³/mol. The molecule has 0 radical (unpaired) electrons. The van der Waals surface area contributed by atoms with Gasteiger partial charge in [-0.1, -0.05) is 18.7 Å². The van der Waals surface area contributed by atoms with Crippen molar-refractivity contribution in [3.63, 3.8) is 0 Å². The van der Waals surface area contributed by atoms with Crippen LogP contribution in [0.4, 0.5) is 5.69 Å². The summed E-state index contributed by atoms with van der Waals surface area (Å²) in [6.45, 7) is 6.37. The van der Waals surface area contributed by atoms with Gasteiger partial charge in [-0.2, -0.15) is 0 Å². The van der Waals surface area contributed by atoms with Crippen LogP contribution in [0.5, 0.6) is 0 Å². The highest BCUT2D eigenvalue weighted by Crippen LogP contribution is 2.23. The number of nitrogens with one attached hydrogen (secondary N) is 1. The number of ketones is 1.